The Morgan fingerprint density at radius 3 is 2.10 bits per heavy atom. The molecular formula is C26H18Cl2N2O. The number of benzene rings is 4. The van der Waals surface area contributed by atoms with Crippen molar-refractivity contribution < 1.29 is 5.11 Å². The molecule has 0 amide bonds. The lowest BCUT2D eigenvalue weighted by Gasteiger charge is -2.45. The van der Waals surface area contributed by atoms with Crippen molar-refractivity contribution in [1.82, 2.24) is 0 Å². The first kappa shape index (κ1) is 19.8. The number of nitrogens with zero attached hydrogens (tertiary/aromatic N) is 2. The maximum Gasteiger partial charge on any atom is 0.199 e. The minimum absolute atomic E-state index is 0.530. The first-order chi connectivity index (χ1) is 15.1. The number of rotatable bonds is 3. The summed E-state index contributed by atoms with van der Waals surface area (Å²) in [7, 11) is 0. The third kappa shape index (κ3) is 3.41. The largest absolute Gasteiger partial charge is 0.363 e. The number of halogens is 2. The van der Waals surface area contributed by atoms with Gasteiger partial charge in [-0.15, -0.1) is 0 Å². The molecule has 0 saturated heterocycles. The molecule has 4 aromatic rings. The van der Waals surface area contributed by atoms with Crippen molar-refractivity contribution in [3.8, 4) is 0 Å². The predicted molar refractivity (Wildman–Crippen MR) is 127 cm³/mol. The molecule has 0 spiro atoms. The number of anilines is 1. The van der Waals surface area contributed by atoms with Crippen molar-refractivity contribution >= 4 is 40.4 Å². The number of hydrogen-bond donors (Lipinski definition) is 1. The Kier molecular flexibility index (Phi) is 5.03. The monoisotopic (exact) mass is 468 g/mol. The second-order valence-corrected chi connectivity index (χ2v) is 8.19. The van der Waals surface area contributed by atoms with Gasteiger partial charge in [-0.2, -0.15) is 0 Å². The van der Waals surface area contributed by atoms with Crippen molar-refractivity contribution in [2.24, 2.45) is 4.99 Å². The molecule has 31 heavy (non-hydrogen) atoms. The number of aliphatic imine (C=N–C) groups is 1. The molecule has 152 valence electrons. The fourth-order valence-corrected chi connectivity index (χ4v) is 4.26. The van der Waals surface area contributed by atoms with E-state index in [9.17, 15) is 5.11 Å². The van der Waals surface area contributed by atoms with E-state index in [1.807, 2.05) is 83.8 Å². The molecular weight excluding hydrogens is 451 g/mol. The molecule has 0 aromatic heterocycles. The third-order valence-corrected chi connectivity index (χ3v) is 5.88. The van der Waals surface area contributed by atoms with Crippen LogP contribution in [0.5, 0.6) is 0 Å². The van der Waals surface area contributed by atoms with Crippen LogP contribution in [0.15, 0.2) is 108 Å². The van der Waals surface area contributed by atoms with E-state index in [-0.39, 0.29) is 0 Å². The van der Waals surface area contributed by atoms with Gasteiger partial charge >= 0.3 is 0 Å². The van der Waals surface area contributed by atoms with Gasteiger partial charge in [-0.05, 0) is 42.5 Å². The molecule has 0 bridgehead atoms. The van der Waals surface area contributed by atoms with Gasteiger partial charge in [0.15, 0.2) is 5.72 Å². The molecule has 0 radical (unpaired) electrons. The Morgan fingerprint density at radius 2 is 1.42 bits per heavy atom. The van der Waals surface area contributed by atoms with Gasteiger partial charge in [-0.3, -0.25) is 4.90 Å². The van der Waals surface area contributed by atoms with Crippen LogP contribution >= 0.6 is 23.2 Å². The third-order valence-electron chi connectivity index (χ3n) is 5.39. The summed E-state index contributed by atoms with van der Waals surface area (Å²) >= 11 is 12.5. The molecule has 1 N–H and O–H groups in total. The van der Waals surface area contributed by atoms with Crippen LogP contribution in [0.1, 0.15) is 16.7 Å². The van der Waals surface area contributed by atoms with Gasteiger partial charge in [-0.1, -0.05) is 83.9 Å². The van der Waals surface area contributed by atoms with E-state index >= 15 is 0 Å². The zero-order valence-corrected chi connectivity index (χ0v) is 17.9. The van der Waals surface area contributed by atoms with E-state index in [0.717, 1.165) is 11.3 Å². The molecule has 1 unspecified atom stereocenters. The van der Waals surface area contributed by atoms with Gasteiger partial charge in [-0.25, -0.2) is 4.99 Å². The first-order valence-electron chi connectivity index (χ1n) is 9.85. The van der Waals surface area contributed by atoms with Crippen LogP contribution in [0.3, 0.4) is 0 Å². The van der Waals surface area contributed by atoms with Crippen LogP contribution in [0.4, 0.5) is 11.4 Å². The molecule has 5 heteroatoms. The lowest BCUT2D eigenvalue weighted by Crippen LogP contribution is -2.53. The van der Waals surface area contributed by atoms with E-state index < -0.39 is 5.72 Å². The second kappa shape index (κ2) is 7.86. The van der Waals surface area contributed by atoms with Crippen LogP contribution < -0.4 is 4.90 Å². The van der Waals surface area contributed by atoms with Crippen LogP contribution in [0, 0.1) is 0 Å². The first-order valence-corrected chi connectivity index (χ1v) is 10.6. The molecule has 1 aliphatic heterocycles. The normalized spacial score (nSPS) is 17.8. The van der Waals surface area contributed by atoms with E-state index in [0.29, 0.717) is 32.7 Å². The average Bonchev–Trinajstić information content (AvgIpc) is 2.81. The van der Waals surface area contributed by atoms with Gasteiger partial charge in [0.1, 0.15) is 5.84 Å². The van der Waals surface area contributed by atoms with Crippen LogP contribution in [0.2, 0.25) is 10.0 Å². The fraction of sp³-hybridized carbons (Fsp3) is 0.0385. The Morgan fingerprint density at radius 1 is 0.806 bits per heavy atom. The molecule has 0 fully saturated rings. The summed E-state index contributed by atoms with van der Waals surface area (Å²) in [6, 6.07) is 32.1. The summed E-state index contributed by atoms with van der Waals surface area (Å²) in [5.74, 6) is 0.629. The van der Waals surface area contributed by atoms with Gasteiger partial charge in [0.2, 0.25) is 0 Å². The molecule has 0 saturated carbocycles. The predicted octanol–water partition coefficient (Wildman–Crippen LogP) is 6.79. The molecule has 0 aliphatic carbocycles. The standard InChI is InChI=1S/C26H18Cl2N2O/c27-20-11-14-22(15-12-20)30-25(18-7-3-1-4-8-18)29-24-16-13-21(28)17-23(24)26(30,31)19-9-5-2-6-10-19/h1-17,31H/i11+2,12+2,13+2,14+2,15+2,16+2,17+2,20+2,21+2,22+2,23+2,24+2. The zero-order chi connectivity index (χ0) is 21.4. The maximum atomic E-state index is 12.5. The molecule has 1 atom stereocenters. The second-order valence-electron chi connectivity index (χ2n) is 7.31. The van der Waals surface area contributed by atoms with Crippen LogP contribution in [-0.4, -0.2) is 10.9 Å². The quantitative estimate of drug-likeness (QED) is 0.359. The van der Waals surface area contributed by atoms with Crippen molar-refractivity contribution in [2.45, 2.75) is 5.72 Å². The SMILES string of the molecule is OC1(c2ccccc2)[14c]2[14cH][14c](Cl)[14cH][14cH][14c]2N=C(c2ccccc2)N1[14c]1[14cH][14cH][14c](Cl)[14cH][14cH]1. The molecule has 3 nitrogen and oxygen atoms in total. The van der Waals surface area contributed by atoms with Crippen molar-refractivity contribution in [3.63, 3.8) is 0 Å². The van der Waals surface area contributed by atoms with Gasteiger partial charge in [0.25, 0.3) is 0 Å². The smallest absolute Gasteiger partial charge is 0.199 e. The summed E-state index contributed by atoms with van der Waals surface area (Å²) in [5, 5.41) is 13.6. The lowest BCUT2D eigenvalue weighted by molar-refractivity contribution is 0.0902. The van der Waals surface area contributed by atoms with Gasteiger partial charge < -0.3 is 5.11 Å². The highest BCUT2D eigenvalue weighted by molar-refractivity contribution is 6.31. The summed E-state index contributed by atoms with van der Waals surface area (Å²) < 4.78 is 0. The minimum Gasteiger partial charge on any atom is -0.363 e. The Hall–Kier alpha value is -3.11. The zero-order valence-electron chi connectivity index (χ0n) is 16.4. The minimum atomic E-state index is -1.54. The summed E-state index contributed by atoms with van der Waals surface area (Å²) in [4.78, 5) is 6.79. The summed E-state index contributed by atoms with van der Waals surface area (Å²) in [6.45, 7) is 0. The Balaban J connectivity index is 1.86. The number of fused-ring (bicyclic) bond motifs is 1. The molecule has 5 rings (SSSR count). The van der Waals surface area contributed by atoms with Crippen molar-refractivity contribution in [1.29, 1.82) is 0 Å². The number of aliphatic hydroxyl groups is 1. The van der Waals surface area contributed by atoms with E-state index in [4.69, 9.17) is 28.2 Å². The number of hydrogen-bond acceptors (Lipinski definition) is 3. The van der Waals surface area contributed by atoms with Gasteiger partial charge in [0, 0.05) is 32.4 Å². The highest BCUT2D eigenvalue weighted by Gasteiger charge is 2.46. The Bertz CT molecular complexity index is 1260. The van der Waals surface area contributed by atoms with Crippen molar-refractivity contribution in [3.05, 3.63) is 130 Å². The maximum absolute atomic E-state index is 12.5. The summed E-state index contributed by atoms with van der Waals surface area (Å²) in [5.41, 5.74) is 2.08. The molecule has 4 aromatic carbocycles. The van der Waals surface area contributed by atoms with E-state index in [2.05, 4.69) is 0 Å². The fourth-order valence-electron chi connectivity index (χ4n) is 3.96. The average molecular weight is 469 g/mol. The van der Waals surface area contributed by atoms with Crippen LogP contribution in [0.25, 0.3) is 0 Å². The van der Waals surface area contributed by atoms with E-state index in [1.54, 1.807) is 24.3 Å². The van der Waals surface area contributed by atoms with Crippen LogP contribution in [-0.2, 0) is 5.72 Å². The Labute approximate surface area is 190 Å². The van der Waals surface area contributed by atoms with Gasteiger partial charge in [0.05, 0.1) is 5.69 Å². The van der Waals surface area contributed by atoms with Crippen molar-refractivity contribution in [2.75, 3.05) is 4.90 Å². The topological polar surface area (TPSA) is 35.8 Å². The molecule has 1 aliphatic rings. The molecule has 1 heterocycles. The highest BCUT2D eigenvalue weighted by Crippen LogP contribution is 2.46. The van der Waals surface area contributed by atoms with E-state index in [1.165, 1.54) is 0 Å². The number of amidine groups is 1. The highest BCUT2D eigenvalue weighted by atomic mass is 35.5. The lowest BCUT2D eigenvalue weighted by atomic mass is 10.1. The summed E-state index contributed by atoms with van der Waals surface area (Å²) in [6.07, 6.45) is 0.